The minimum atomic E-state index is -4.05. The molecule has 0 aliphatic carbocycles. The Morgan fingerprint density at radius 1 is 0.933 bits per heavy atom. The molecular weight excluding hydrogens is 598 g/mol. The SMILES string of the molecule is COc1ccc(S(=O)(=O)N2Cc3cc(-c4cc(F)cc(F)c4)ccc3N(Cc3cncn3C)C[C@H]2Cc2ccc(O)cc2)cc1. The molecule has 6 rings (SSSR count). The van der Waals surface area contributed by atoms with Crippen LogP contribution < -0.4 is 9.64 Å². The van der Waals surface area contributed by atoms with Gasteiger partial charge in [0.15, 0.2) is 0 Å². The van der Waals surface area contributed by atoms with Crippen LogP contribution in [-0.2, 0) is 36.6 Å². The van der Waals surface area contributed by atoms with Crippen LogP contribution in [0.1, 0.15) is 16.8 Å². The molecule has 232 valence electrons. The van der Waals surface area contributed by atoms with Gasteiger partial charge in [-0.05, 0) is 89.3 Å². The van der Waals surface area contributed by atoms with Gasteiger partial charge in [0, 0.05) is 44.1 Å². The summed E-state index contributed by atoms with van der Waals surface area (Å²) in [4.78, 5) is 6.50. The van der Waals surface area contributed by atoms with Crippen LogP contribution in [0, 0.1) is 11.6 Å². The number of methoxy groups -OCH3 is 1. The molecular formula is C34H32F2N4O4S. The highest BCUT2D eigenvalue weighted by atomic mass is 32.2. The zero-order chi connectivity index (χ0) is 31.7. The average Bonchev–Trinajstić information content (AvgIpc) is 3.36. The van der Waals surface area contributed by atoms with Gasteiger partial charge in [0.05, 0.1) is 30.6 Å². The maximum Gasteiger partial charge on any atom is 0.243 e. The van der Waals surface area contributed by atoms with Gasteiger partial charge in [0.2, 0.25) is 10.0 Å². The van der Waals surface area contributed by atoms with Crippen molar-refractivity contribution in [2.24, 2.45) is 7.05 Å². The molecule has 0 radical (unpaired) electrons. The molecule has 45 heavy (non-hydrogen) atoms. The first-order valence-electron chi connectivity index (χ1n) is 14.3. The van der Waals surface area contributed by atoms with E-state index in [-0.39, 0.29) is 17.2 Å². The number of phenols is 1. The third-order valence-electron chi connectivity index (χ3n) is 8.12. The van der Waals surface area contributed by atoms with E-state index in [1.807, 2.05) is 17.7 Å². The van der Waals surface area contributed by atoms with Crippen molar-refractivity contribution in [3.63, 3.8) is 0 Å². The van der Waals surface area contributed by atoms with Gasteiger partial charge < -0.3 is 19.3 Å². The number of nitrogens with zero attached hydrogens (tertiary/aromatic N) is 4. The maximum absolute atomic E-state index is 14.4. The average molecular weight is 631 g/mol. The van der Waals surface area contributed by atoms with Crippen molar-refractivity contribution in [1.82, 2.24) is 13.9 Å². The van der Waals surface area contributed by atoms with Crippen molar-refractivity contribution >= 4 is 15.7 Å². The van der Waals surface area contributed by atoms with E-state index in [4.69, 9.17) is 4.74 Å². The van der Waals surface area contributed by atoms with E-state index in [9.17, 15) is 22.3 Å². The zero-order valence-corrected chi connectivity index (χ0v) is 25.6. The highest BCUT2D eigenvalue weighted by molar-refractivity contribution is 7.89. The molecule has 0 unspecified atom stereocenters. The number of ether oxygens (including phenoxy) is 1. The summed E-state index contributed by atoms with van der Waals surface area (Å²) in [5, 5.41) is 9.88. The van der Waals surface area contributed by atoms with Gasteiger partial charge >= 0.3 is 0 Å². The Morgan fingerprint density at radius 2 is 1.64 bits per heavy atom. The molecule has 0 saturated heterocycles. The predicted molar refractivity (Wildman–Crippen MR) is 167 cm³/mol. The van der Waals surface area contributed by atoms with Gasteiger partial charge in [-0.3, -0.25) is 0 Å². The third kappa shape index (κ3) is 6.40. The Bertz CT molecular complexity index is 1910. The fourth-order valence-corrected chi connectivity index (χ4v) is 7.37. The number of phenolic OH excluding ortho intramolecular Hbond substituents is 1. The van der Waals surface area contributed by atoms with Gasteiger partial charge in [0.1, 0.15) is 23.1 Å². The summed E-state index contributed by atoms with van der Waals surface area (Å²) in [5.41, 5.74) is 4.18. The second-order valence-electron chi connectivity index (χ2n) is 11.1. The highest BCUT2D eigenvalue weighted by Crippen LogP contribution is 2.36. The molecule has 11 heteroatoms. The standard InChI is InChI=1S/C34H32F2N4O4S/c1-38-22-37-18-30(38)21-39-20-29(13-23-3-6-31(41)7-4-23)40(45(42,43)33-10-8-32(44-2)9-11-33)19-26-14-24(5-12-34(26)39)25-15-27(35)17-28(36)16-25/h3-12,14-18,22,29,41H,13,19-21H2,1-2H3/t29-/m1/s1. The quantitative estimate of drug-likeness (QED) is 0.230. The lowest BCUT2D eigenvalue weighted by atomic mass is 10.0. The van der Waals surface area contributed by atoms with Crippen molar-refractivity contribution in [2.45, 2.75) is 30.4 Å². The van der Waals surface area contributed by atoms with Crippen LogP contribution in [0.15, 0.2) is 102 Å². The number of halogens is 2. The van der Waals surface area contributed by atoms with Crippen LogP contribution in [0.2, 0.25) is 0 Å². The molecule has 8 nitrogen and oxygen atoms in total. The fraction of sp³-hybridized carbons (Fsp3) is 0.206. The van der Waals surface area contributed by atoms with Crippen LogP contribution >= 0.6 is 0 Å². The highest BCUT2D eigenvalue weighted by Gasteiger charge is 2.37. The number of aromatic hydroxyl groups is 1. The van der Waals surface area contributed by atoms with Crippen molar-refractivity contribution in [3.05, 3.63) is 126 Å². The van der Waals surface area contributed by atoms with Gasteiger partial charge in [0.25, 0.3) is 0 Å². The van der Waals surface area contributed by atoms with E-state index in [0.29, 0.717) is 42.0 Å². The van der Waals surface area contributed by atoms with E-state index >= 15 is 0 Å². The summed E-state index contributed by atoms with van der Waals surface area (Å²) in [6, 6.07) is 21.3. The summed E-state index contributed by atoms with van der Waals surface area (Å²) < 4.78 is 66.0. The molecule has 1 atom stereocenters. The van der Waals surface area contributed by atoms with E-state index in [2.05, 4.69) is 9.88 Å². The Hall–Kier alpha value is -4.74. The lowest BCUT2D eigenvalue weighted by Crippen LogP contribution is -2.45. The Balaban J connectivity index is 1.49. The number of rotatable bonds is 8. The molecule has 0 amide bonds. The van der Waals surface area contributed by atoms with Crippen molar-refractivity contribution in [1.29, 1.82) is 0 Å². The minimum absolute atomic E-state index is 0.0139. The van der Waals surface area contributed by atoms with E-state index in [1.54, 1.807) is 61.1 Å². The molecule has 5 aromatic rings. The van der Waals surface area contributed by atoms with E-state index in [0.717, 1.165) is 23.0 Å². The van der Waals surface area contributed by atoms with Crippen LogP contribution in [-0.4, -0.2) is 47.1 Å². The summed E-state index contributed by atoms with van der Waals surface area (Å²) in [6.45, 7) is 0.794. The first-order chi connectivity index (χ1) is 21.6. The molecule has 0 fully saturated rings. The van der Waals surface area contributed by atoms with Gasteiger partial charge in [-0.25, -0.2) is 22.2 Å². The molecule has 2 heterocycles. The van der Waals surface area contributed by atoms with Gasteiger partial charge in [-0.15, -0.1) is 0 Å². The zero-order valence-electron chi connectivity index (χ0n) is 24.8. The number of hydrogen-bond donors (Lipinski definition) is 1. The molecule has 1 aliphatic rings. The molecule has 4 aromatic carbocycles. The molecule has 1 aromatic heterocycles. The first kappa shape index (κ1) is 30.3. The van der Waals surface area contributed by atoms with Gasteiger partial charge in [-0.1, -0.05) is 18.2 Å². The summed E-state index contributed by atoms with van der Waals surface area (Å²) in [7, 11) is -0.635. The second-order valence-corrected chi connectivity index (χ2v) is 13.0. The number of sulfonamides is 1. The molecule has 0 saturated carbocycles. The van der Waals surface area contributed by atoms with Crippen molar-refractivity contribution in [2.75, 3.05) is 18.6 Å². The Morgan fingerprint density at radius 3 is 2.29 bits per heavy atom. The number of hydrogen-bond acceptors (Lipinski definition) is 6. The lowest BCUT2D eigenvalue weighted by Gasteiger charge is -2.32. The smallest absolute Gasteiger partial charge is 0.243 e. The number of aromatic nitrogens is 2. The molecule has 0 spiro atoms. The molecule has 1 N–H and O–H groups in total. The van der Waals surface area contributed by atoms with Crippen LogP contribution in [0.25, 0.3) is 11.1 Å². The Labute approximate surface area is 260 Å². The number of anilines is 1. The monoisotopic (exact) mass is 630 g/mol. The normalized spacial score (nSPS) is 15.5. The second kappa shape index (κ2) is 12.3. The van der Waals surface area contributed by atoms with Crippen LogP contribution in [0.5, 0.6) is 11.5 Å². The maximum atomic E-state index is 14.4. The minimum Gasteiger partial charge on any atom is -0.508 e. The molecule has 0 bridgehead atoms. The predicted octanol–water partition coefficient (Wildman–Crippen LogP) is 5.90. The number of fused-ring (bicyclic) bond motifs is 1. The van der Waals surface area contributed by atoms with E-state index < -0.39 is 27.7 Å². The van der Waals surface area contributed by atoms with E-state index in [1.165, 1.54) is 35.7 Å². The first-order valence-corrected chi connectivity index (χ1v) is 15.8. The molecule has 1 aliphatic heterocycles. The van der Waals surface area contributed by atoms with Crippen molar-refractivity contribution in [3.8, 4) is 22.6 Å². The summed E-state index contributed by atoms with van der Waals surface area (Å²) in [6.07, 6.45) is 3.85. The van der Waals surface area contributed by atoms with Crippen molar-refractivity contribution < 1.29 is 27.0 Å². The fourth-order valence-electron chi connectivity index (χ4n) is 5.78. The summed E-state index contributed by atoms with van der Waals surface area (Å²) in [5.74, 6) is -0.745. The lowest BCUT2D eigenvalue weighted by molar-refractivity contribution is 0.317. The Kier molecular flexibility index (Phi) is 8.30. The number of benzene rings is 4. The number of imidazole rings is 1. The third-order valence-corrected chi connectivity index (χ3v) is 10.0. The van der Waals surface area contributed by atoms with Crippen LogP contribution in [0.3, 0.4) is 0 Å². The topological polar surface area (TPSA) is 87.9 Å². The summed E-state index contributed by atoms with van der Waals surface area (Å²) >= 11 is 0. The van der Waals surface area contributed by atoms with Gasteiger partial charge in [-0.2, -0.15) is 4.31 Å². The number of aryl methyl sites for hydroxylation is 1. The van der Waals surface area contributed by atoms with Crippen LogP contribution in [0.4, 0.5) is 14.5 Å². The largest absolute Gasteiger partial charge is 0.508 e.